The average Bonchev–Trinajstić information content (AvgIpc) is 2.46. The number of aromatic carboxylic acids is 1. The average molecular weight is 215 g/mol. The fourth-order valence-electron chi connectivity index (χ4n) is 1.98. The fourth-order valence-corrected chi connectivity index (χ4v) is 2.25. The Kier molecular flexibility index (Phi) is 2.23. The van der Waals surface area contributed by atoms with E-state index in [9.17, 15) is 4.79 Å². The molecule has 76 valence electrons. The predicted octanol–water partition coefficient (Wildman–Crippen LogP) is 2.13. The van der Waals surface area contributed by atoms with Crippen LogP contribution in [-0.2, 0) is 6.42 Å². The SMILES string of the molecule is CC1CCCc2c(Cl)nc(C(=O)O)n21. The Hall–Kier alpha value is -1.03. The Labute approximate surface area is 86.5 Å². The molecule has 0 spiro atoms. The Morgan fingerprint density at radius 1 is 1.71 bits per heavy atom. The molecule has 14 heavy (non-hydrogen) atoms. The quantitative estimate of drug-likeness (QED) is 0.779. The Balaban J connectivity index is 2.59. The normalized spacial score (nSPS) is 20.6. The van der Waals surface area contributed by atoms with Crippen LogP contribution in [0.5, 0.6) is 0 Å². The van der Waals surface area contributed by atoms with E-state index in [0.717, 1.165) is 25.0 Å². The molecule has 1 aliphatic heterocycles. The van der Waals surface area contributed by atoms with Crippen molar-refractivity contribution in [2.24, 2.45) is 0 Å². The molecule has 0 radical (unpaired) electrons. The van der Waals surface area contributed by atoms with Crippen LogP contribution in [-0.4, -0.2) is 20.6 Å². The van der Waals surface area contributed by atoms with Gasteiger partial charge in [0.2, 0.25) is 5.82 Å². The predicted molar refractivity (Wildman–Crippen MR) is 51.8 cm³/mol. The smallest absolute Gasteiger partial charge is 0.372 e. The van der Waals surface area contributed by atoms with Crippen molar-refractivity contribution < 1.29 is 9.90 Å². The molecule has 4 nitrogen and oxygen atoms in total. The van der Waals surface area contributed by atoms with Gasteiger partial charge >= 0.3 is 5.97 Å². The summed E-state index contributed by atoms with van der Waals surface area (Å²) in [5.74, 6) is -0.941. The zero-order chi connectivity index (χ0) is 10.3. The summed E-state index contributed by atoms with van der Waals surface area (Å²) < 4.78 is 1.74. The maximum absolute atomic E-state index is 10.9. The number of hydrogen-bond acceptors (Lipinski definition) is 2. The van der Waals surface area contributed by atoms with Gasteiger partial charge in [-0.3, -0.25) is 0 Å². The van der Waals surface area contributed by atoms with Gasteiger partial charge in [-0.2, -0.15) is 0 Å². The van der Waals surface area contributed by atoms with E-state index in [1.165, 1.54) is 0 Å². The van der Waals surface area contributed by atoms with E-state index in [1.54, 1.807) is 4.57 Å². The molecule has 5 heteroatoms. The molecule has 0 fully saturated rings. The molecule has 2 heterocycles. The van der Waals surface area contributed by atoms with Crippen molar-refractivity contribution in [1.82, 2.24) is 9.55 Å². The molecular formula is C9H11ClN2O2. The van der Waals surface area contributed by atoms with Crippen molar-refractivity contribution in [3.05, 3.63) is 16.7 Å². The summed E-state index contributed by atoms with van der Waals surface area (Å²) in [5, 5.41) is 9.27. The van der Waals surface area contributed by atoms with Gasteiger partial charge in [0.15, 0.2) is 5.15 Å². The lowest BCUT2D eigenvalue weighted by atomic mass is 10.0. The van der Waals surface area contributed by atoms with Gasteiger partial charge in [-0.25, -0.2) is 9.78 Å². The number of imidazole rings is 1. The third-order valence-corrected chi connectivity index (χ3v) is 2.93. The Morgan fingerprint density at radius 3 is 3.07 bits per heavy atom. The number of carboxylic acids is 1. The molecule has 1 unspecified atom stereocenters. The van der Waals surface area contributed by atoms with E-state index in [4.69, 9.17) is 16.7 Å². The molecule has 1 atom stereocenters. The fraction of sp³-hybridized carbons (Fsp3) is 0.556. The number of rotatable bonds is 1. The van der Waals surface area contributed by atoms with Gasteiger partial charge in [-0.05, 0) is 26.2 Å². The van der Waals surface area contributed by atoms with Crippen LogP contribution < -0.4 is 0 Å². The number of aromatic nitrogens is 2. The number of halogens is 1. The van der Waals surface area contributed by atoms with Gasteiger partial charge in [0.05, 0.1) is 5.69 Å². The van der Waals surface area contributed by atoms with Crippen LogP contribution in [0.15, 0.2) is 0 Å². The molecule has 1 aliphatic rings. The lowest BCUT2D eigenvalue weighted by molar-refractivity contribution is 0.0674. The maximum Gasteiger partial charge on any atom is 0.372 e. The first-order valence-corrected chi connectivity index (χ1v) is 4.99. The van der Waals surface area contributed by atoms with Crippen LogP contribution >= 0.6 is 11.6 Å². The molecule has 1 N–H and O–H groups in total. The lowest BCUT2D eigenvalue weighted by Gasteiger charge is -2.22. The summed E-state index contributed by atoms with van der Waals surface area (Å²) in [6.07, 6.45) is 2.86. The van der Waals surface area contributed by atoms with Crippen molar-refractivity contribution in [3.63, 3.8) is 0 Å². The van der Waals surface area contributed by atoms with Crippen LogP contribution in [0.4, 0.5) is 0 Å². The zero-order valence-corrected chi connectivity index (χ0v) is 8.58. The molecule has 2 rings (SSSR count). The first-order valence-electron chi connectivity index (χ1n) is 4.61. The van der Waals surface area contributed by atoms with E-state index in [-0.39, 0.29) is 11.9 Å². The van der Waals surface area contributed by atoms with E-state index >= 15 is 0 Å². The lowest BCUT2D eigenvalue weighted by Crippen LogP contribution is -2.19. The number of hydrogen-bond donors (Lipinski definition) is 1. The van der Waals surface area contributed by atoms with E-state index < -0.39 is 5.97 Å². The minimum Gasteiger partial charge on any atom is -0.475 e. The van der Waals surface area contributed by atoms with E-state index in [2.05, 4.69) is 4.98 Å². The van der Waals surface area contributed by atoms with E-state index in [0.29, 0.717) is 5.15 Å². The maximum atomic E-state index is 10.9. The second kappa shape index (κ2) is 3.28. The van der Waals surface area contributed by atoms with Crippen molar-refractivity contribution in [2.45, 2.75) is 32.2 Å². The van der Waals surface area contributed by atoms with Crippen LogP contribution in [0.25, 0.3) is 0 Å². The summed E-state index contributed by atoms with van der Waals surface area (Å²) in [6.45, 7) is 1.99. The molecule has 1 aromatic rings. The van der Waals surface area contributed by atoms with Crippen molar-refractivity contribution >= 4 is 17.6 Å². The number of carboxylic acid groups (broad SMARTS) is 1. The van der Waals surface area contributed by atoms with Crippen LogP contribution in [0.1, 0.15) is 42.1 Å². The monoisotopic (exact) mass is 214 g/mol. The second-order valence-electron chi connectivity index (χ2n) is 3.59. The Bertz CT molecular complexity index is 386. The third kappa shape index (κ3) is 1.30. The second-order valence-corrected chi connectivity index (χ2v) is 3.95. The summed E-state index contributed by atoms with van der Waals surface area (Å²) in [6, 6.07) is 0.185. The van der Waals surface area contributed by atoms with Gasteiger partial charge in [-0.15, -0.1) is 0 Å². The van der Waals surface area contributed by atoms with Gasteiger partial charge < -0.3 is 9.67 Å². The van der Waals surface area contributed by atoms with Crippen LogP contribution in [0.3, 0.4) is 0 Å². The van der Waals surface area contributed by atoms with Crippen LogP contribution in [0.2, 0.25) is 5.15 Å². The van der Waals surface area contributed by atoms with Gasteiger partial charge in [0.25, 0.3) is 0 Å². The third-order valence-electron chi connectivity index (χ3n) is 2.63. The highest BCUT2D eigenvalue weighted by molar-refractivity contribution is 6.30. The van der Waals surface area contributed by atoms with Crippen molar-refractivity contribution in [1.29, 1.82) is 0 Å². The standard InChI is InChI=1S/C9H11ClN2O2/c1-5-3-2-4-6-7(10)11-8(9(13)14)12(5)6/h5H,2-4H2,1H3,(H,13,14). The number of fused-ring (bicyclic) bond motifs is 1. The summed E-state index contributed by atoms with van der Waals surface area (Å²) in [5.41, 5.74) is 0.864. The highest BCUT2D eigenvalue weighted by Crippen LogP contribution is 2.30. The largest absolute Gasteiger partial charge is 0.475 e. The van der Waals surface area contributed by atoms with Gasteiger partial charge in [0.1, 0.15) is 0 Å². The first-order chi connectivity index (χ1) is 6.61. The molecule has 0 saturated heterocycles. The minimum atomic E-state index is -1.01. The topological polar surface area (TPSA) is 55.1 Å². The molecule has 0 aromatic carbocycles. The zero-order valence-electron chi connectivity index (χ0n) is 7.83. The summed E-state index contributed by atoms with van der Waals surface area (Å²) in [4.78, 5) is 14.8. The van der Waals surface area contributed by atoms with Gasteiger partial charge in [0, 0.05) is 6.04 Å². The van der Waals surface area contributed by atoms with Crippen molar-refractivity contribution in [2.75, 3.05) is 0 Å². The molecule has 0 aliphatic carbocycles. The molecule has 0 bridgehead atoms. The summed E-state index contributed by atoms with van der Waals surface area (Å²) >= 11 is 5.88. The number of carbonyl (C=O) groups is 1. The highest BCUT2D eigenvalue weighted by atomic mass is 35.5. The molecule has 0 amide bonds. The molecule has 0 saturated carbocycles. The number of nitrogens with zero attached hydrogens (tertiary/aromatic N) is 2. The molecular weight excluding hydrogens is 204 g/mol. The van der Waals surface area contributed by atoms with Gasteiger partial charge in [-0.1, -0.05) is 11.6 Å². The van der Waals surface area contributed by atoms with E-state index in [1.807, 2.05) is 6.92 Å². The highest BCUT2D eigenvalue weighted by Gasteiger charge is 2.26. The molecule has 1 aromatic heterocycles. The van der Waals surface area contributed by atoms with Crippen LogP contribution in [0, 0.1) is 0 Å². The van der Waals surface area contributed by atoms with Crippen molar-refractivity contribution in [3.8, 4) is 0 Å². The Morgan fingerprint density at radius 2 is 2.43 bits per heavy atom. The first kappa shape index (κ1) is 9.52. The summed E-state index contributed by atoms with van der Waals surface area (Å²) in [7, 11) is 0. The minimum absolute atomic E-state index is 0.0669.